The Labute approximate surface area is 109 Å². The smallest absolute Gasteiger partial charge is 0.0186 e. The Morgan fingerprint density at radius 3 is 2.31 bits per heavy atom. The molecular formula is C15H23Br. The zero-order valence-corrected chi connectivity index (χ0v) is 12.0. The zero-order valence-electron chi connectivity index (χ0n) is 10.5. The summed E-state index contributed by atoms with van der Waals surface area (Å²) in [5.74, 6) is 0.665. The second-order valence-corrected chi connectivity index (χ2v) is 5.99. The Kier molecular flexibility index (Phi) is 6.79. The summed E-state index contributed by atoms with van der Waals surface area (Å²) in [5, 5.41) is 0. The molecule has 1 rings (SSSR count). The monoisotopic (exact) mass is 282 g/mol. The molecule has 0 aliphatic heterocycles. The molecule has 0 fully saturated rings. The zero-order chi connectivity index (χ0) is 11.8. The van der Waals surface area contributed by atoms with Gasteiger partial charge in [0.05, 0.1) is 0 Å². The van der Waals surface area contributed by atoms with E-state index in [1.165, 1.54) is 37.7 Å². The van der Waals surface area contributed by atoms with Crippen molar-refractivity contribution in [2.75, 3.05) is 0 Å². The van der Waals surface area contributed by atoms with Gasteiger partial charge in [-0.25, -0.2) is 0 Å². The number of rotatable bonds is 7. The van der Waals surface area contributed by atoms with E-state index >= 15 is 0 Å². The molecule has 0 saturated heterocycles. The lowest BCUT2D eigenvalue weighted by atomic mass is 9.91. The van der Waals surface area contributed by atoms with Crippen LogP contribution >= 0.6 is 15.9 Å². The van der Waals surface area contributed by atoms with Crippen LogP contribution in [0.4, 0.5) is 0 Å². The van der Waals surface area contributed by atoms with Crippen LogP contribution in [0.5, 0.6) is 0 Å². The van der Waals surface area contributed by atoms with Crippen LogP contribution in [0.3, 0.4) is 0 Å². The quantitative estimate of drug-likeness (QED) is 0.456. The second kappa shape index (κ2) is 7.89. The fraction of sp³-hybridized carbons (Fsp3) is 0.600. The lowest BCUT2D eigenvalue weighted by molar-refractivity contribution is 0.553. The van der Waals surface area contributed by atoms with E-state index in [0.29, 0.717) is 10.7 Å². The van der Waals surface area contributed by atoms with Gasteiger partial charge >= 0.3 is 0 Å². The molecule has 0 aromatic heterocycles. The number of hydrogen-bond acceptors (Lipinski definition) is 0. The Balaban J connectivity index is 2.49. The van der Waals surface area contributed by atoms with E-state index in [1.54, 1.807) is 0 Å². The Morgan fingerprint density at radius 2 is 1.75 bits per heavy atom. The summed E-state index contributed by atoms with van der Waals surface area (Å²) < 4.78 is 0. The SMILES string of the molecule is CCCCCCC(c1ccccc1)C(C)Br. The molecule has 0 heterocycles. The van der Waals surface area contributed by atoms with Gasteiger partial charge in [-0.15, -0.1) is 0 Å². The standard InChI is InChI=1S/C15H23Br/c1-3-4-5-9-12-15(13(2)16)14-10-7-6-8-11-14/h6-8,10-11,13,15H,3-5,9,12H2,1-2H3. The first-order valence-corrected chi connectivity index (χ1v) is 7.36. The first kappa shape index (κ1) is 13.8. The molecule has 0 bridgehead atoms. The molecule has 0 aliphatic rings. The van der Waals surface area contributed by atoms with Gasteiger partial charge in [-0.3, -0.25) is 0 Å². The molecule has 2 unspecified atom stereocenters. The van der Waals surface area contributed by atoms with Crippen molar-refractivity contribution >= 4 is 15.9 Å². The van der Waals surface area contributed by atoms with Gasteiger partial charge in [-0.2, -0.15) is 0 Å². The van der Waals surface area contributed by atoms with E-state index in [1.807, 2.05) is 0 Å². The molecule has 0 saturated carbocycles. The highest BCUT2D eigenvalue weighted by Gasteiger charge is 2.15. The lowest BCUT2D eigenvalue weighted by Crippen LogP contribution is -2.08. The van der Waals surface area contributed by atoms with E-state index in [-0.39, 0.29) is 0 Å². The van der Waals surface area contributed by atoms with Gasteiger partial charge in [-0.1, -0.05) is 85.8 Å². The Morgan fingerprint density at radius 1 is 1.06 bits per heavy atom. The maximum Gasteiger partial charge on any atom is 0.0186 e. The summed E-state index contributed by atoms with van der Waals surface area (Å²) in [6.45, 7) is 4.53. The minimum absolute atomic E-state index is 0.566. The van der Waals surface area contributed by atoms with Gasteiger partial charge in [0, 0.05) is 4.83 Å². The number of unbranched alkanes of at least 4 members (excludes halogenated alkanes) is 3. The molecule has 1 heteroatoms. The van der Waals surface area contributed by atoms with Crippen molar-refractivity contribution in [3.8, 4) is 0 Å². The van der Waals surface area contributed by atoms with Gasteiger partial charge in [0.2, 0.25) is 0 Å². The predicted octanol–water partition coefficient (Wildman–Crippen LogP) is 5.52. The highest BCUT2D eigenvalue weighted by molar-refractivity contribution is 9.09. The predicted molar refractivity (Wildman–Crippen MR) is 76.3 cm³/mol. The number of benzene rings is 1. The van der Waals surface area contributed by atoms with Gasteiger partial charge in [0.25, 0.3) is 0 Å². The normalized spacial score (nSPS) is 14.7. The van der Waals surface area contributed by atoms with Crippen LogP contribution in [0, 0.1) is 0 Å². The van der Waals surface area contributed by atoms with Crippen LogP contribution in [0.25, 0.3) is 0 Å². The van der Waals surface area contributed by atoms with Crippen LogP contribution in [0.15, 0.2) is 30.3 Å². The van der Waals surface area contributed by atoms with Gasteiger partial charge in [0.15, 0.2) is 0 Å². The third kappa shape index (κ3) is 4.69. The highest BCUT2D eigenvalue weighted by Crippen LogP contribution is 2.30. The minimum atomic E-state index is 0.566. The van der Waals surface area contributed by atoms with Crippen molar-refractivity contribution in [3.63, 3.8) is 0 Å². The molecule has 1 aromatic carbocycles. The van der Waals surface area contributed by atoms with Crippen LogP contribution in [0.1, 0.15) is 57.4 Å². The van der Waals surface area contributed by atoms with Crippen molar-refractivity contribution in [2.45, 2.75) is 56.7 Å². The molecule has 1 aromatic rings. The molecule has 16 heavy (non-hydrogen) atoms. The number of halogens is 1. The molecule has 2 atom stereocenters. The topological polar surface area (TPSA) is 0 Å². The Bertz CT molecular complexity index is 266. The first-order valence-electron chi connectivity index (χ1n) is 6.44. The molecule has 0 N–H and O–H groups in total. The molecule has 0 nitrogen and oxygen atoms in total. The summed E-state index contributed by atoms with van der Waals surface area (Å²) in [5.41, 5.74) is 1.48. The molecule has 0 amide bonds. The third-order valence-electron chi connectivity index (χ3n) is 3.15. The average Bonchev–Trinajstić information content (AvgIpc) is 2.30. The molecule has 90 valence electrons. The summed E-state index contributed by atoms with van der Waals surface area (Å²) in [4.78, 5) is 0.566. The fourth-order valence-electron chi connectivity index (χ4n) is 2.15. The maximum absolute atomic E-state index is 3.75. The fourth-order valence-corrected chi connectivity index (χ4v) is 2.72. The van der Waals surface area contributed by atoms with Crippen LogP contribution < -0.4 is 0 Å². The summed E-state index contributed by atoms with van der Waals surface area (Å²) in [6.07, 6.45) is 6.72. The summed E-state index contributed by atoms with van der Waals surface area (Å²) >= 11 is 3.75. The van der Waals surface area contributed by atoms with Crippen LogP contribution in [-0.4, -0.2) is 4.83 Å². The third-order valence-corrected chi connectivity index (χ3v) is 3.79. The number of alkyl halides is 1. The lowest BCUT2D eigenvalue weighted by Gasteiger charge is -2.20. The van der Waals surface area contributed by atoms with E-state index in [9.17, 15) is 0 Å². The van der Waals surface area contributed by atoms with E-state index in [2.05, 4.69) is 60.1 Å². The maximum atomic E-state index is 3.75. The highest BCUT2D eigenvalue weighted by atomic mass is 79.9. The summed E-state index contributed by atoms with van der Waals surface area (Å²) in [6, 6.07) is 10.9. The molecular weight excluding hydrogens is 260 g/mol. The van der Waals surface area contributed by atoms with Crippen molar-refractivity contribution in [3.05, 3.63) is 35.9 Å². The summed E-state index contributed by atoms with van der Waals surface area (Å²) in [7, 11) is 0. The molecule has 0 radical (unpaired) electrons. The van der Waals surface area contributed by atoms with Crippen molar-refractivity contribution in [2.24, 2.45) is 0 Å². The van der Waals surface area contributed by atoms with E-state index < -0.39 is 0 Å². The van der Waals surface area contributed by atoms with Crippen molar-refractivity contribution < 1.29 is 0 Å². The van der Waals surface area contributed by atoms with Crippen molar-refractivity contribution in [1.29, 1.82) is 0 Å². The van der Waals surface area contributed by atoms with Gasteiger partial charge < -0.3 is 0 Å². The minimum Gasteiger partial charge on any atom is -0.0887 e. The number of hydrogen-bond donors (Lipinski definition) is 0. The second-order valence-electron chi connectivity index (χ2n) is 4.54. The van der Waals surface area contributed by atoms with Gasteiger partial charge in [0.1, 0.15) is 0 Å². The van der Waals surface area contributed by atoms with Crippen molar-refractivity contribution in [1.82, 2.24) is 0 Å². The molecule has 0 aliphatic carbocycles. The van der Waals surface area contributed by atoms with E-state index in [0.717, 1.165) is 0 Å². The van der Waals surface area contributed by atoms with Gasteiger partial charge in [-0.05, 0) is 17.9 Å². The average molecular weight is 283 g/mol. The van der Waals surface area contributed by atoms with Crippen LogP contribution in [0.2, 0.25) is 0 Å². The van der Waals surface area contributed by atoms with E-state index in [4.69, 9.17) is 0 Å². The van der Waals surface area contributed by atoms with Crippen LogP contribution in [-0.2, 0) is 0 Å². The Hall–Kier alpha value is -0.300. The first-order chi connectivity index (χ1) is 7.75. The largest absolute Gasteiger partial charge is 0.0887 e. The molecule has 0 spiro atoms.